The van der Waals surface area contributed by atoms with Crippen molar-refractivity contribution < 1.29 is 18.6 Å². The molecular formula is C9H9ClF2O2. The molecular weight excluding hydrogens is 214 g/mol. The summed E-state index contributed by atoms with van der Waals surface area (Å²) in [6.07, 6.45) is -0.0352. The highest BCUT2D eigenvalue weighted by Gasteiger charge is 2.17. The molecule has 0 spiro atoms. The monoisotopic (exact) mass is 222 g/mol. The van der Waals surface area contributed by atoms with E-state index < -0.39 is 11.6 Å². The van der Waals surface area contributed by atoms with Crippen LogP contribution in [0.3, 0.4) is 0 Å². The third-order valence-corrected chi connectivity index (χ3v) is 2.07. The quantitative estimate of drug-likeness (QED) is 0.795. The number of hydrogen-bond acceptors (Lipinski definition) is 2. The molecule has 78 valence electrons. The van der Waals surface area contributed by atoms with Crippen LogP contribution in [0.5, 0.6) is 5.75 Å². The Morgan fingerprint density at radius 2 is 2.14 bits per heavy atom. The van der Waals surface area contributed by atoms with Crippen LogP contribution in [0, 0.1) is 11.6 Å². The van der Waals surface area contributed by atoms with Gasteiger partial charge in [0.1, 0.15) is 5.75 Å². The van der Waals surface area contributed by atoms with Crippen molar-refractivity contribution >= 4 is 11.6 Å². The fourth-order valence-electron chi connectivity index (χ4n) is 1.18. The highest BCUT2D eigenvalue weighted by Crippen LogP contribution is 2.32. The van der Waals surface area contributed by atoms with Crippen molar-refractivity contribution in [2.75, 3.05) is 13.7 Å². The van der Waals surface area contributed by atoms with E-state index in [1.807, 2.05) is 0 Å². The largest absolute Gasteiger partial charge is 0.495 e. The normalized spacial score (nSPS) is 10.4. The summed E-state index contributed by atoms with van der Waals surface area (Å²) in [5.41, 5.74) is -0.0417. The lowest BCUT2D eigenvalue weighted by atomic mass is 10.1. The van der Waals surface area contributed by atoms with Crippen molar-refractivity contribution in [3.05, 3.63) is 28.3 Å². The first-order valence-electron chi connectivity index (χ1n) is 3.93. The highest BCUT2D eigenvalue weighted by molar-refractivity contribution is 6.32. The topological polar surface area (TPSA) is 29.5 Å². The van der Waals surface area contributed by atoms with Gasteiger partial charge < -0.3 is 9.84 Å². The standard InChI is InChI=1S/C9H9ClF2O2/c1-14-9-5(2-3-13)8(12)7(11)4-6(9)10/h4,13H,2-3H2,1H3. The molecule has 0 aliphatic heterocycles. The van der Waals surface area contributed by atoms with E-state index in [2.05, 4.69) is 0 Å². The van der Waals surface area contributed by atoms with Gasteiger partial charge in [0, 0.05) is 18.6 Å². The molecule has 0 saturated heterocycles. The lowest BCUT2D eigenvalue weighted by molar-refractivity contribution is 0.293. The molecule has 1 aromatic rings. The Morgan fingerprint density at radius 1 is 1.50 bits per heavy atom. The number of ether oxygens (including phenoxy) is 1. The van der Waals surface area contributed by atoms with Gasteiger partial charge in [-0.25, -0.2) is 8.78 Å². The van der Waals surface area contributed by atoms with E-state index in [0.717, 1.165) is 6.07 Å². The minimum Gasteiger partial charge on any atom is -0.495 e. The van der Waals surface area contributed by atoms with E-state index in [1.54, 1.807) is 0 Å². The zero-order chi connectivity index (χ0) is 10.7. The molecule has 0 unspecified atom stereocenters. The van der Waals surface area contributed by atoms with Crippen LogP contribution in [0.15, 0.2) is 6.07 Å². The molecule has 0 bridgehead atoms. The van der Waals surface area contributed by atoms with Crippen LogP contribution in [0.1, 0.15) is 5.56 Å². The molecule has 1 N–H and O–H groups in total. The van der Waals surface area contributed by atoms with Gasteiger partial charge in [-0.3, -0.25) is 0 Å². The SMILES string of the molecule is COc1c(Cl)cc(F)c(F)c1CCO. The second-order valence-electron chi connectivity index (χ2n) is 2.64. The third-order valence-electron chi connectivity index (χ3n) is 1.79. The van der Waals surface area contributed by atoms with Crippen molar-refractivity contribution in [2.45, 2.75) is 6.42 Å². The van der Waals surface area contributed by atoms with Gasteiger partial charge in [-0.2, -0.15) is 0 Å². The molecule has 0 radical (unpaired) electrons. The maximum atomic E-state index is 13.2. The number of hydrogen-bond donors (Lipinski definition) is 1. The van der Waals surface area contributed by atoms with Crippen molar-refractivity contribution in [1.82, 2.24) is 0 Å². The molecule has 0 amide bonds. The molecule has 0 atom stereocenters. The highest BCUT2D eigenvalue weighted by atomic mass is 35.5. The minimum absolute atomic E-state index is 0.00477. The van der Waals surface area contributed by atoms with E-state index in [4.69, 9.17) is 21.4 Å². The van der Waals surface area contributed by atoms with Gasteiger partial charge in [-0.1, -0.05) is 11.6 Å². The molecule has 5 heteroatoms. The summed E-state index contributed by atoms with van der Waals surface area (Å²) in [4.78, 5) is 0. The molecule has 2 nitrogen and oxygen atoms in total. The average Bonchev–Trinajstić information content (AvgIpc) is 2.14. The lowest BCUT2D eigenvalue weighted by Crippen LogP contribution is -2.02. The summed E-state index contributed by atoms with van der Waals surface area (Å²) in [6.45, 7) is -0.299. The number of aliphatic hydroxyl groups excluding tert-OH is 1. The first kappa shape index (κ1) is 11.2. The Balaban J connectivity index is 3.32. The maximum Gasteiger partial charge on any atom is 0.165 e. The summed E-state index contributed by atoms with van der Waals surface area (Å²) in [7, 11) is 1.30. The predicted molar refractivity (Wildman–Crippen MR) is 48.7 cm³/mol. The molecule has 1 aromatic carbocycles. The van der Waals surface area contributed by atoms with Crippen molar-refractivity contribution in [1.29, 1.82) is 0 Å². The van der Waals surface area contributed by atoms with Crippen LogP contribution in [0.4, 0.5) is 8.78 Å². The fourth-order valence-corrected chi connectivity index (χ4v) is 1.47. The summed E-state index contributed by atoms with van der Waals surface area (Å²) >= 11 is 5.63. The number of rotatable bonds is 3. The summed E-state index contributed by atoms with van der Waals surface area (Å²) < 4.78 is 30.9. The van der Waals surface area contributed by atoms with E-state index in [1.165, 1.54) is 7.11 Å². The third kappa shape index (κ3) is 1.96. The van der Waals surface area contributed by atoms with Gasteiger partial charge in [-0.15, -0.1) is 0 Å². The summed E-state index contributed by atoms with van der Waals surface area (Å²) in [6, 6.07) is 0.844. The Hall–Kier alpha value is -0.870. The Bertz CT molecular complexity index is 342. The molecule has 14 heavy (non-hydrogen) atoms. The predicted octanol–water partition coefficient (Wildman–Crippen LogP) is 2.16. The van der Waals surface area contributed by atoms with Crippen LogP contribution in [0.2, 0.25) is 5.02 Å². The van der Waals surface area contributed by atoms with E-state index in [9.17, 15) is 8.78 Å². The molecule has 0 saturated carbocycles. The van der Waals surface area contributed by atoms with E-state index in [-0.39, 0.29) is 29.4 Å². The summed E-state index contributed by atoms with van der Waals surface area (Å²) in [5.74, 6) is -2.00. The molecule has 0 aliphatic rings. The van der Waals surface area contributed by atoms with Gasteiger partial charge in [0.2, 0.25) is 0 Å². The second-order valence-corrected chi connectivity index (χ2v) is 3.05. The van der Waals surface area contributed by atoms with Crippen molar-refractivity contribution in [3.8, 4) is 5.75 Å². The van der Waals surface area contributed by atoms with Gasteiger partial charge in [-0.05, 0) is 6.07 Å². The van der Waals surface area contributed by atoms with E-state index in [0.29, 0.717) is 0 Å². The van der Waals surface area contributed by atoms with Gasteiger partial charge in [0.15, 0.2) is 11.6 Å². The molecule has 1 rings (SSSR count). The van der Waals surface area contributed by atoms with Crippen molar-refractivity contribution in [2.24, 2.45) is 0 Å². The zero-order valence-corrected chi connectivity index (χ0v) is 8.24. The smallest absolute Gasteiger partial charge is 0.165 e. The number of benzene rings is 1. The number of halogens is 3. The second kappa shape index (κ2) is 4.57. The van der Waals surface area contributed by atoms with Crippen LogP contribution in [0.25, 0.3) is 0 Å². The molecule has 0 heterocycles. The fraction of sp³-hybridized carbons (Fsp3) is 0.333. The lowest BCUT2D eigenvalue weighted by Gasteiger charge is -2.10. The van der Waals surface area contributed by atoms with E-state index >= 15 is 0 Å². The number of aliphatic hydroxyl groups is 1. The molecule has 0 aliphatic carbocycles. The van der Waals surface area contributed by atoms with Gasteiger partial charge in [0.05, 0.1) is 12.1 Å². The van der Waals surface area contributed by atoms with Gasteiger partial charge >= 0.3 is 0 Å². The Morgan fingerprint density at radius 3 is 2.64 bits per heavy atom. The Kier molecular flexibility index (Phi) is 3.66. The minimum atomic E-state index is -1.04. The summed E-state index contributed by atoms with van der Waals surface area (Å²) in [5, 5.41) is 8.65. The first-order chi connectivity index (χ1) is 6.61. The number of methoxy groups -OCH3 is 1. The maximum absolute atomic E-state index is 13.2. The first-order valence-corrected chi connectivity index (χ1v) is 4.30. The average molecular weight is 223 g/mol. The zero-order valence-electron chi connectivity index (χ0n) is 7.48. The van der Waals surface area contributed by atoms with Crippen LogP contribution >= 0.6 is 11.6 Å². The Labute approximate surface area is 85.1 Å². The van der Waals surface area contributed by atoms with Crippen LogP contribution in [-0.4, -0.2) is 18.8 Å². The van der Waals surface area contributed by atoms with Gasteiger partial charge in [0.25, 0.3) is 0 Å². The van der Waals surface area contributed by atoms with Crippen LogP contribution in [-0.2, 0) is 6.42 Å². The van der Waals surface area contributed by atoms with Crippen LogP contribution < -0.4 is 4.74 Å². The molecule has 0 fully saturated rings. The molecule has 0 aromatic heterocycles. The van der Waals surface area contributed by atoms with Crippen molar-refractivity contribution in [3.63, 3.8) is 0 Å².